The minimum absolute atomic E-state index is 0.418. The van der Waals surface area contributed by atoms with Crippen LogP contribution >= 0.6 is 0 Å². The molecule has 2 aromatic rings. The van der Waals surface area contributed by atoms with Crippen LogP contribution in [0.2, 0.25) is 0 Å². The minimum Gasteiger partial charge on any atom is -0.356 e. The second-order valence-electron chi connectivity index (χ2n) is 7.84. The predicted molar refractivity (Wildman–Crippen MR) is 111 cm³/mol. The molecule has 0 amide bonds. The molecule has 5 heteroatoms. The zero-order valence-electron chi connectivity index (χ0n) is 16.2. The molecule has 1 atom stereocenters. The molecule has 0 radical (unpaired) electrons. The number of nitrogens with one attached hydrogen (secondary N) is 1. The molecular formula is C22H31N5. The van der Waals surface area contributed by atoms with Crippen LogP contribution in [-0.4, -0.2) is 47.1 Å². The van der Waals surface area contributed by atoms with E-state index in [0.717, 1.165) is 37.9 Å². The van der Waals surface area contributed by atoms with Crippen molar-refractivity contribution in [2.24, 2.45) is 0 Å². The Morgan fingerprint density at radius 3 is 2.56 bits per heavy atom. The van der Waals surface area contributed by atoms with Gasteiger partial charge in [-0.05, 0) is 43.9 Å². The largest absolute Gasteiger partial charge is 0.356 e. The Kier molecular flexibility index (Phi) is 6.20. The monoisotopic (exact) mass is 365 g/mol. The van der Waals surface area contributed by atoms with E-state index in [1.54, 1.807) is 0 Å². The van der Waals surface area contributed by atoms with Crippen molar-refractivity contribution in [2.45, 2.75) is 51.1 Å². The van der Waals surface area contributed by atoms with Gasteiger partial charge < -0.3 is 10.2 Å². The predicted octanol–water partition coefficient (Wildman–Crippen LogP) is 3.93. The SMILES string of the molecule is c1ccc(CN2CCC[C@H](Nc3nccc(N4CCCCCC4)n3)C2)cc1. The number of hydrogen-bond donors (Lipinski definition) is 1. The molecule has 2 aliphatic heterocycles. The van der Waals surface area contributed by atoms with Gasteiger partial charge in [0.2, 0.25) is 5.95 Å². The fourth-order valence-electron chi connectivity index (χ4n) is 4.24. The van der Waals surface area contributed by atoms with Crippen LogP contribution in [0, 0.1) is 0 Å². The standard InChI is InChI=1S/C22H31N5/c1-2-7-16-27(15-6-1)21-12-13-23-22(25-21)24-20-11-8-14-26(18-20)17-19-9-4-3-5-10-19/h3-5,9-10,12-13,20H,1-2,6-8,11,14-18H2,(H,23,24,25)/t20-/m0/s1. The lowest BCUT2D eigenvalue weighted by atomic mass is 10.0. The van der Waals surface area contributed by atoms with Gasteiger partial charge >= 0.3 is 0 Å². The van der Waals surface area contributed by atoms with E-state index in [2.05, 4.69) is 56.5 Å². The number of hydrogen-bond acceptors (Lipinski definition) is 5. The summed E-state index contributed by atoms with van der Waals surface area (Å²) in [6.45, 7) is 5.47. The van der Waals surface area contributed by atoms with Crippen LogP contribution in [0.1, 0.15) is 44.1 Å². The van der Waals surface area contributed by atoms with Crippen LogP contribution < -0.4 is 10.2 Å². The minimum atomic E-state index is 0.418. The van der Waals surface area contributed by atoms with Crippen LogP contribution in [-0.2, 0) is 6.54 Å². The number of benzene rings is 1. The molecule has 0 spiro atoms. The lowest BCUT2D eigenvalue weighted by Crippen LogP contribution is -2.42. The second kappa shape index (κ2) is 9.18. The molecule has 1 aromatic carbocycles. The Balaban J connectivity index is 1.36. The van der Waals surface area contributed by atoms with Gasteiger partial charge in [-0.3, -0.25) is 4.90 Å². The summed E-state index contributed by atoms with van der Waals surface area (Å²) in [6.07, 6.45) is 9.52. The fraction of sp³-hybridized carbons (Fsp3) is 0.545. The molecule has 3 heterocycles. The van der Waals surface area contributed by atoms with Crippen molar-refractivity contribution < 1.29 is 0 Å². The van der Waals surface area contributed by atoms with Gasteiger partial charge in [0, 0.05) is 38.4 Å². The van der Waals surface area contributed by atoms with Crippen molar-refractivity contribution in [1.82, 2.24) is 14.9 Å². The van der Waals surface area contributed by atoms with Crippen molar-refractivity contribution in [3.05, 3.63) is 48.2 Å². The van der Waals surface area contributed by atoms with E-state index in [0.29, 0.717) is 6.04 Å². The quantitative estimate of drug-likeness (QED) is 0.870. The van der Waals surface area contributed by atoms with Gasteiger partial charge in [0.15, 0.2) is 0 Å². The molecule has 27 heavy (non-hydrogen) atoms. The molecule has 0 unspecified atom stereocenters. The van der Waals surface area contributed by atoms with Crippen molar-refractivity contribution in [1.29, 1.82) is 0 Å². The van der Waals surface area contributed by atoms with E-state index in [9.17, 15) is 0 Å². The maximum absolute atomic E-state index is 4.83. The van der Waals surface area contributed by atoms with Crippen LogP contribution in [0.4, 0.5) is 11.8 Å². The molecule has 1 N–H and O–H groups in total. The van der Waals surface area contributed by atoms with Gasteiger partial charge in [0.05, 0.1) is 0 Å². The highest BCUT2D eigenvalue weighted by Crippen LogP contribution is 2.20. The molecule has 2 fully saturated rings. The first-order valence-electron chi connectivity index (χ1n) is 10.5. The number of aromatic nitrogens is 2. The summed E-state index contributed by atoms with van der Waals surface area (Å²) in [7, 11) is 0. The molecule has 5 nitrogen and oxygen atoms in total. The Bertz CT molecular complexity index is 697. The second-order valence-corrected chi connectivity index (χ2v) is 7.84. The third-order valence-electron chi connectivity index (χ3n) is 5.66. The molecular weight excluding hydrogens is 334 g/mol. The van der Waals surface area contributed by atoms with Crippen molar-refractivity contribution in [3.63, 3.8) is 0 Å². The van der Waals surface area contributed by atoms with E-state index in [1.165, 1.54) is 50.6 Å². The summed E-state index contributed by atoms with van der Waals surface area (Å²) in [6, 6.07) is 13.2. The third-order valence-corrected chi connectivity index (χ3v) is 5.66. The molecule has 0 aliphatic carbocycles. The van der Waals surface area contributed by atoms with Crippen LogP contribution in [0.3, 0.4) is 0 Å². The summed E-state index contributed by atoms with van der Waals surface area (Å²) in [5.74, 6) is 1.86. The summed E-state index contributed by atoms with van der Waals surface area (Å²) >= 11 is 0. The van der Waals surface area contributed by atoms with Crippen LogP contribution in [0.15, 0.2) is 42.6 Å². The van der Waals surface area contributed by atoms with Crippen molar-refractivity contribution >= 4 is 11.8 Å². The first-order chi connectivity index (χ1) is 13.4. The highest BCUT2D eigenvalue weighted by Gasteiger charge is 2.21. The Hall–Kier alpha value is -2.14. The molecule has 144 valence electrons. The van der Waals surface area contributed by atoms with E-state index < -0.39 is 0 Å². The third kappa shape index (κ3) is 5.19. The fourth-order valence-corrected chi connectivity index (χ4v) is 4.24. The molecule has 2 saturated heterocycles. The number of anilines is 2. The smallest absolute Gasteiger partial charge is 0.224 e. The summed E-state index contributed by atoms with van der Waals surface area (Å²) in [5.41, 5.74) is 1.39. The van der Waals surface area contributed by atoms with Crippen molar-refractivity contribution in [2.75, 3.05) is 36.4 Å². The maximum atomic E-state index is 4.83. The highest BCUT2D eigenvalue weighted by atomic mass is 15.2. The molecule has 0 bridgehead atoms. The summed E-state index contributed by atoms with van der Waals surface area (Å²) in [5, 5.41) is 3.60. The van der Waals surface area contributed by atoms with E-state index in [1.807, 2.05) is 6.20 Å². The van der Waals surface area contributed by atoms with Gasteiger partial charge in [-0.2, -0.15) is 4.98 Å². The van der Waals surface area contributed by atoms with Crippen LogP contribution in [0.5, 0.6) is 0 Å². The van der Waals surface area contributed by atoms with Gasteiger partial charge in [-0.15, -0.1) is 0 Å². The summed E-state index contributed by atoms with van der Waals surface area (Å²) in [4.78, 5) is 14.3. The van der Waals surface area contributed by atoms with Crippen molar-refractivity contribution in [3.8, 4) is 0 Å². The number of piperidine rings is 1. The van der Waals surface area contributed by atoms with E-state index in [4.69, 9.17) is 4.98 Å². The van der Waals surface area contributed by atoms with Gasteiger partial charge in [-0.1, -0.05) is 43.2 Å². The topological polar surface area (TPSA) is 44.3 Å². The molecule has 0 saturated carbocycles. The van der Waals surface area contributed by atoms with E-state index >= 15 is 0 Å². The maximum Gasteiger partial charge on any atom is 0.224 e. The van der Waals surface area contributed by atoms with Gasteiger partial charge in [-0.25, -0.2) is 4.98 Å². The lowest BCUT2D eigenvalue weighted by molar-refractivity contribution is 0.208. The zero-order valence-corrected chi connectivity index (χ0v) is 16.2. The number of likely N-dealkylation sites (tertiary alicyclic amines) is 1. The number of nitrogens with zero attached hydrogens (tertiary/aromatic N) is 4. The van der Waals surface area contributed by atoms with Crippen LogP contribution in [0.25, 0.3) is 0 Å². The highest BCUT2D eigenvalue weighted by molar-refractivity contribution is 5.43. The Morgan fingerprint density at radius 1 is 0.926 bits per heavy atom. The Morgan fingerprint density at radius 2 is 1.74 bits per heavy atom. The van der Waals surface area contributed by atoms with Gasteiger partial charge in [0.25, 0.3) is 0 Å². The summed E-state index contributed by atoms with van der Waals surface area (Å²) < 4.78 is 0. The normalized spacial score (nSPS) is 21.6. The first-order valence-corrected chi connectivity index (χ1v) is 10.5. The lowest BCUT2D eigenvalue weighted by Gasteiger charge is -2.33. The molecule has 1 aromatic heterocycles. The molecule has 2 aliphatic rings. The average Bonchev–Trinajstić information content (AvgIpc) is 2.99. The first kappa shape index (κ1) is 18.2. The average molecular weight is 366 g/mol. The number of rotatable bonds is 5. The van der Waals surface area contributed by atoms with E-state index in [-0.39, 0.29) is 0 Å². The Labute approximate surface area is 162 Å². The molecule has 4 rings (SSSR count). The van der Waals surface area contributed by atoms with Gasteiger partial charge in [0.1, 0.15) is 5.82 Å². The zero-order chi connectivity index (χ0) is 18.3.